The first-order chi connectivity index (χ1) is 7.08. The summed E-state index contributed by atoms with van der Waals surface area (Å²) in [6.07, 6.45) is 0.901. The topological polar surface area (TPSA) is 110 Å². The molecule has 7 nitrogen and oxygen atoms in total. The number of aromatic nitrogens is 4. The third-order valence-corrected chi connectivity index (χ3v) is 1.96. The minimum absolute atomic E-state index is 0.0368. The summed E-state index contributed by atoms with van der Waals surface area (Å²) in [5.41, 5.74) is 5.63. The van der Waals surface area contributed by atoms with Crippen LogP contribution in [0.2, 0.25) is 0 Å². The van der Waals surface area contributed by atoms with E-state index in [1.165, 1.54) is 6.33 Å². The molecule has 2 aromatic rings. The number of aliphatic hydroxyl groups is 1. The lowest BCUT2D eigenvalue weighted by molar-refractivity contribution is 0.175. The molecule has 0 unspecified atom stereocenters. The number of fused-ring (bicyclic) bond motifs is 1. The van der Waals surface area contributed by atoms with E-state index >= 15 is 0 Å². The SMILES string of the molecule is C[C@H](O)Cn1cnc2nc(N)[nH]c(=O)c21. The maximum atomic E-state index is 11.5. The molecule has 0 amide bonds. The lowest BCUT2D eigenvalue weighted by Gasteiger charge is -2.05. The molecule has 15 heavy (non-hydrogen) atoms. The summed E-state index contributed by atoms with van der Waals surface area (Å²) in [5, 5.41) is 9.22. The Morgan fingerprint density at radius 3 is 3.13 bits per heavy atom. The van der Waals surface area contributed by atoms with Crippen LogP contribution in [0.15, 0.2) is 11.1 Å². The maximum Gasteiger partial charge on any atom is 0.278 e. The minimum Gasteiger partial charge on any atom is -0.392 e. The van der Waals surface area contributed by atoms with Crippen molar-refractivity contribution in [3.8, 4) is 0 Å². The standard InChI is InChI=1S/C8H11N5O2/c1-4(14)2-13-3-10-6-5(13)7(15)12-8(9)11-6/h3-4,14H,2H2,1H3,(H3,9,11,12,15)/t4-/m0/s1. The highest BCUT2D eigenvalue weighted by atomic mass is 16.3. The number of aliphatic hydroxyl groups excluding tert-OH is 1. The number of H-pyrrole nitrogens is 1. The molecular weight excluding hydrogens is 198 g/mol. The fourth-order valence-corrected chi connectivity index (χ4v) is 1.43. The Kier molecular flexibility index (Phi) is 2.16. The zero-order valence-electron chi connectivity index (χ0n) is 8.14. The molecule has 1 atom stereocenters. The molecule has 0 fully saturated rings. The van der Waals surface area contributed by atoms with Gasteiger partial charge in [0.15, 0.2) is 11.2 Å². The van der Waals surface area contributed by atoms with Gasteiger partial charge in [-0.15, -0.1) is 0 Å². The van der Waals surface area contributed by atoms with Gasteiger partial charge in [-0.3, -0.25) is 9.78 Å². The van der Waals surface area contributed by atoms with Crippen LogP contribution in [-0.2, 0) is 6.54 Å². The van der Waals surface area contributed by atoms with Crippen molar-refractivity contribution in [1.29, 1.82) is 0 Å². The van der Waals surface area contributed by atoms with Gasteiger partial charge >= 0.3 is 0 Å². The first-order valence-electron chi connectivity index (χ1n) is 4.46. The summed E-state index contributed by atoms with van der Waals surface area (Å²) in [5.74, 6) is 0.0368. The Morgan fingerprint density at radius 1 is 1.73 bits per heavy atom. The Balaban J connectivity index is 2.64. The van der Waals surface area contributed by atoms with Crippen LogP contribution in [0.3, 0.4) is 0 Å². The average molecular weight is 209 g/mol. The molecule has 80 valence electrons. The van der Waals surface area contributed by atoms with Crippen LogP contribution in [0, 0.1) is 0 Å². The lowest BCUT2D eigenvalue weighted by atomic mass is 10.4. The number of nitrogens with zero attached hydrogens (tertiary/aromatic N) is 3. The van der Waals surface area contributed by atoms with E-state index < -0.39 is 6.10 Å². The van der Waals surface area contributed by atoms with Gasteiger partial charge in [0.05, 0.1) is 19.0 Å². The smallest absolute Gasteiger partial charge is 0.278 e. The van der Waals surface area contributed by atoms with Crippen molar-refractivity contribution < 1.29 is 5.11 Å². The van der Waals surface area contributed by atoms with Crippen LogP contribution in [0.4, 0.5) is 5.95 Å². The van der Waals surface area contributed by atoms with Crippen LogP contribution >= 0.6 is 0 Å². The highest BCUT2D eigenvalue weighted by Gasteiger charge is 2.10. The molecule has 0 aromatic carbocycles. The van der Waals surface area contributed by atoms with Gasteiger partial charge in [-0.25, -0.2) is 4.98 Å². The van der Waals surface area contributed by atoms with Gasteiger partial charge in [-0.2, -0.15) is 4.98 Å². The number of nitrogen functional groups attached to an aromatic ring is 1. The Morgan fingerprint density at radius 2 is 2.47 bits per heavy atom. The lowest BCUT2D eigenvalue weighted by Crippen LogP contribution is -2.17. The zero-order chi connectivity index (χ0) is 11.0. The van der Waals surface area contributed by atoms with E-state index in [2.05, 4.69) is 15.0 Å². The van der Waals surface area contributed by atoms with Gasteiger partial charge in [0.1, 0.15) is 0 Å². The number of imidazole rings is 1. The van der Waals surface area contributed by atoms with E-state index in [-0.39, 0.29) is 17.2 Å². The van der Waals surface area contributed by atoms with Crippen molar-refractivity contribution >= 4 is 17.1 Å². The Bertz CT molecular complexity index is 541. The fourth-order valence-electron chi connectivity index (χ4n) is 1.43. The number of nitrogens with two attached hydrogens (primary N) is 1. The van der Waals surface area contributed by atoms with Gasteiger partial charge in [0.25, 0.3) is 5.56 Å². The largest absolute Gasteiger partial charge is 0.392 e. The summed E-state index contributed by atoms with van der Waals surface area (Å²) < 4.78 is 1.55. The van der Waals surface area contributed by atoms with Gasteiger partial charge in [0.2, 0.25) is 5.95 Å². The van der Waals surface area contributed by atoms with Crippen LogP contribution in [0.1, 0.15) is 6.92 Å². The van der Waals surface area contributed by atoms with E-state index in [0.29, 0.717) is 12.1 Å². The third-order valence-electron chi connectivity index (χ3n) is 1.96. The van der Waals surface area contributed by atoms with E-state index in [1.807, 2.05) is 0 Å². The van der Waals surface area contributed by atoms with Crippen molar-refractivity contribution in [2.75, 3.05) is 5.73 Å². The van der Waals surface area contributed by atoms with Crippen LogP contribution < -0.4 is 11.3 Å². The molecule has 2 aromatic heterocycles. The van der Waals surface area contributed by atoms with Gasteiger partial charge in [-0.05, 0) is 6.92 Å². The molecule has 0 aliphatic heterocycles. The second-order valence-corrected chi connectivity index (χ2v) is 3.37. The predicted octanol–water partition coefficient (Wildman–Crippen LogP) is -0.917. The fraction of sp³-hybridized carbons (Fsp3) is 0.375. The molecule has 0 aliphatic carbocycles. The van der Waals surface area contributed by atoms with Crippen molar-refractivity contribution in [2.45, 2.75) is 19.6 Å². The molecular formula is C8H11N5O2. The molecule has 0 saturated carbocycles. The molecule has 2 rings (SSSR count). The molecule has 0 spiro atoms. The van der Waals surface area contributed by atoms with Gasteiger partial charge < -0.3 is 15.4 Å². The van der Waals surface area contributed by atoms with E-state index in [1.54, 1.807) is 11.5 Å². The summed E-state index contributed by atoms with van der Waals surface area (Å²) >= 11 is 0. The van der Waals surface area contributed by atoms with Crippen LogP contribution in [-0.4, -0.2) is 30.7 Å². The predicted molar refractivity (Wildman–Crippen MR) is 54.2 cm³/mol. The Labute approximate surface area is 84.6 Å². The average Bonchev–Trinajstić information content (AvgIpc) is 2.46. The molecule has 7 heteroatoms. The van der Waals surface area contributed by atoms with E-state index in [4.69, 9.17) is 5.73 Å². The van der Waals surface area contributed by atoms with E-state index in [0.717, 1.165) is 0 Å². The highest BCUT2D eigenvalue weighted by molar-refractivity contribution is 5.70. The Hall–Kier alpha value is -1.89. The van der Waals surface area contributed by atoms with Gasteiger partial charge in [-0.1, -0.05) is 0 Å². The summed E-state index contributed by atoms with van der Waals surface area (Å²) in [4.78, 5) is 21.7. The number of nitrogens with one attached hydrogen (secondary N) is 1. The first kappa shape index (κ1) is 9.66. The van der Waals surface area contributed by atoms with Crippen molar-refractivity contribution in [3.05, 3.63) is 16.7 Å². The quantitative estimate of drug-likeness (QED) is 0.592. The second-order valence-electron chi connectivity index (χ2n) is 3.37. The number of hydrogen-bond acceptors (Lipinski definition) is 5. The molecule has 0 saturated heterocycles. The minimum atomic E-state index is -0.556. The number of rotatable bonds is 2. The molecule has 0 radical (unpaired) electrons. The summed E-state index contributed by atoms with van der Waals surface area (Å²) in [6.45, 7) is 1.93. The van der Waals surface area contributed by atoms with Crippen LogP contribution in [0.5, 0.6) is 0 Å². The van der Waals surface area contributed by atoms with Crippen LogP contribution in [0.25, 0.3) is 11.2 Å². The molecule has 0 bridgehead atoms. The monoisotopic (exact) mass is 209 g/mol. The summed E-state index contributed by atoms with van der Waals surface area (Å²) in [6, 6.07) is 0. The first-order valence-corrected chi connectivity index (χ1v) is 4.46. The molecule has 4 N–H and O–H groups in total. The number of aromatic amines is 1. The third kappa shape index (κ3) is 1.68. The summed E-state index contributed by atoms with van der Waals surface area (Å²) in [7, 11) is 0. The number of anilines is 1. The van der Waals surface area contributed by atoms with Crippen molar-refractivity contribution in [3.63, 3.8) is 0 Å². The van der Waals surface area contributed by atoms with E-state index in [9.17, 15) is 9.90 Å². The second kappa shape index (κ2) is 3.35. The van der Waals surface area contributed by atoms with Crippen molar-refractivity contribution in [1.82, 2.24) is 19.5 Å². The number of hydrogen-bond donors (Lipinski definition) is 3. The normalized spacial score (nSPS) is 13.2. The van der Waals surface area contributed by atoms with Crippen molar-refractivity contribution in [2.24, 2.45) is 0 Å². The van der Waals surface area contributed by atoms with Gasteiger partial charge in [0, 0.05) is 0 Å². The maximum absolute atomic E-state index is 11.5. The zero-order valence-corrected chi connectivity index (χ0v) is 8.14. The highest BCUT2D eigenvalue weighted by Crippen LogP contribution is 2.06. The molecule has 0 aliphatic rings. The molecule has 2 heterocycles.